The fourth-order valence-electron chi connectivity index (χ4n) is 3.30. The first-order chi connectivity index (χ1) is 11.7. The molecule has 24 heavy (non-hydrogen) atoms. The van der Waals surface area contributed by atoms with Crippen LogP contribution >= 0.6 is 11.3 Å². The van der Waals surface area contributed by atoms with Crippen LogP contribution in [0.3, 0.4) is 0 Å². The molecule has 2 aromatic heterocycles. The lowest BCUT2D eigenvalue weighted by atomic mass is 10.1. The van der Waals surface area contributed by atoms with Gasteiger partial charge in [-0.25, -0.2) is 0 Å². The number of thiophene rings is 1. The van der Waals surface area contributed by atoms with Gasteiger partial charge in [0.05, 0.1) is 0 Å². The molecule has 0 unspecified atom stereocenters. The number of furan rings is 1. The third-order valence-electron chi connectivity index (χ3n) is 4.53. The summed E-state index contributed by atoms with van der Waals surface area (Å²) in [6.07, 6.45) is 4.21. The zero-order chi connectivity index (χ0) is 16.9. The number of carbonyl (C=O) groups excluding carboxylic acids is 1. The van der Waals surface area contributed by atoms with Crippen molar-refractivity contribution in [3.05, 3.63) is 45.5 Å². The van der Waals surface area contributed by atoms with E-state index >= 15 is 0 Å². The molecule has 3 rings (SSSR count). The topological polar surface area (TPSA) is 45.5 Å². The lowest BCUT2D eigenvalue weighted by molar-refractivity contribution is 0.0910. The Labute approximate surface area is 147 Å². The van der Waals surface area contributed by atoms with Crippen LogP contribution in [-0.2, 0) is 19.4 Å². The van der Waals surface area contributed by atoms with Gasteiger partial charge in [0.1, 0.15) is 5.76 Å². The Morgan fingerprint density at radius 2 is 2.21 bits per heavy atom. The van der Waals surface area contributed by atoms with Crippen LogP contribution in [0.5, 0.6) is 0 Å². The SMILES string of the molecule is CCc1oc(C(=O)N[C@H](C)Cc2ccsc2)cc1CN1CCCC1. The normalized spacial score (nSPS) is 16.4. The Kier molecular flexibility index (Phi) is 5.74. The van der Waals surface area contributed by atoms with Crippen LogP contribution in [0.15, 0.2) is 27.3 Å². The maximum atomic E-state index is 12.5. The quantitative estimate of drug-likeness (QED) is 0.828. The molecule has 1 N–H and O–H groups in total. The standard InChI is InChI=1S/C19H26N2O2S/c1-3-17-16(12-21-7-4-5-8-21)11-18(23-17)19(22)20-14(2)10-15-6-9-24-13-15/h6,9,11,13-14H,3-5,7-8,10,12H2,1-2H3,(H,20,22)/t14-/m1/s1. The van der Waals surface area contributed by atoms with E-state index in [1.807, 2.05) is 13.0 Å². The van der Waals surface area contributed by atoms with Gasteiger partial charge in [0.15, 0.2) is 5.76 Å². The molecule has 5 heteroatoms. The number of hydrogen-bond donors (Lipinski definition) is 1. The van der Waals surface area contributed by atoms with Gasteiger partial charge in [-0.05, 0) is 67.7 Å². The second-order valence-corrected chi connectivity index (χ2v) is 7.39. The maximum Gasteiger partial charge on any atom is 0.287 e. The fraction of sp³-hybridized carbons (Fsp3) is 0.526. The van der Waals surface area contributed by atoms with Crippen molar-refractivity contribution >= 4 is 17.2 Å². The molecule has 1 amide bonds. The monoisotopic (exact) mass is 346 g/mol. The molecule has 0 saturated carbocycles. The van der Waals surface area contributed by atoms with E-state index in [1.54, 1.807) is 11.3 Å². The van der Waals surface area contributed by atoms with Crippen LogP contribution in [-0.4, -0.2) is 29.9 Å². The van der Waals surface area contributed by atoms with Crippen LogP contribution in [0.1, 0.15) is 54.1 Å². The molecule has 0 bridgehead atoms. The van der Waals surface area contributed by atoms with Gasteiger partial charge >= 0.3 is 0 Å². The third-order valence-corrected chi connectivity index (χ3v) is 5.27. The van der Waals surface area contributed by atoms with Crippen LogP contribution in [0, 0.1) is 0 Å². The van der Waals surface area contributed by atoms with Crippen LogP contribution in [0.25, 0.3) is 0 Å². The lowest BCUT2D eigenvalue weighted by Crippen LogP contribution is -2.33. The number of nitrogens with zero attached hydrogens (tertiary/aromatic N) is 1. The second-order valence-electron chi connectivity index (χ2n) is 6.61. The Morgan fingerprint density at radius 3 is 2.88 bits per heavy atom. The van der Waals surface area contributed by atoms with Crippen LogP contribution < -0.4 is 5.32 Å². The van der Waals surface area contributed by atoms with Gasteiger partial charge in [-0.2, -0.15) is 11.3 Å². The largest absolute Gasteiger partial charge is 0.456 e. The summed E-state index contributed by atoms with van der Waals surface area (Å²) in [6.45, 7) is 7.29. The van der Waals surface area contributed by atoms with E-state index in [1.165, 1.54) is 18.4 Å². The van der Waals surface area contributed by atoms with E-state index in [-0.39, 0.29) is 11.9 Å². The van der Waals surface area contributed by atoms with Crippen molar-refractivity contribution in [2.24, 2.45) is 0 Å². The predicted molar refractivity (Wildman–Crippen MR) is 97.5 cm³/mol. The van der Waals surface area contributed by atoms with Crippen molar-refractivity contribution < 1.29 is 9.21 Å². The first-order valence-corrected chi connectivity index (χ1v) is 9.76. The zero-order valence-corrected chi connectivity index (χ0v) is 15.3. The van der Waals surface area contributed by atoms with Crippen molar-refractivity contribution in [2.75, 3.05) is 13.1 Å². The Hall–Kier alpha value is -1.59. The van der Waals surface area contributed by atoms with Gasteiger partial charge < -0.3 is 9.73 Å². The van der Waals surface area contributed by atoms with Gasteiger partial charge in [-0.3, -0.25) is 9.69 Å². The van der Waals surface area contributed by atoms with Gasteiger partial charge in [0.2, 0.25) is 0 Å². The van der Waals surface area contributed by atoms with Crippen molar-refractivity contribution in [1.29, 1.82) is 0 Å². The van der Waals surface area contributed by atoms with E-state index in [0.717, 1.165) is 43.8 Å². The number of nitrogens with one attached hydrogen (secondary N) is 1. The molecular formula is C19H26N2O2S. The van der Waals surface area contributed by atoms with Crippen molar-refractivity contribution in [3.63, 3.8) is 0 Å². The van der Waals surface area contributed by atoms with Crippen LogP contribution in [0.4, 0.5) is 0 Å². The number of likely N-dealkylation sites (tertiary alicyclic amines) is 1. The van der Waals surface area contributed by atoms with Crippen molar-refractivity contribution in [2.45, 2.75) is 52.1 Å². The second kappa shape index (κ2) is 7.99. The minimum absolute atomic E-state index is 0.0873. The molecule has 2 aromatic rings. The van der Waals surface area contributed by atoms with Crippen molar-refractivity contribution in [3.8, 4) is 0 Å². The highest BCUT2D eigenvalue weighted by molar-refractivity contribution is 7.07. The fourth-order valence-corrected chi connectivity index (χ4v) is 3.98. The molecule has 1 saturated heterocycles. The summed E-state index contributed by atoms with van der Waals surface area (Å²) in [4.78, 5) is 14.9. The van der Waals surface area contributed by atoms with Gasteiger partial charge in [0, 0.05) is 24.6 Å². The smallest absolute Gasteiger partial charge is 0.287 e. The molecule has 130 valence electrons. The van der Waals surface area contributed by atoms with Gasteiger partial charge in [-0.15, -0.1) is 0 Å². The number of aryl methyl sites for hydroxylation is 1. The number of rotatable bonds is 7. The molecule has 1 atom stereocenters. The first-order valence-electron chi connectivity index (χ1n) is 8.81. The van der Waals surface area contributed by atoms with E-state index < -0.39 is 0 Å². The van der Waals surface area contributed by atoms with Crippen molar-refractivity contribution in [1.82, 2.24) is 10.2 Å². The summed E-state index contributed by atoms with van der Waals surface area (Å²) in [7, 11) is 0. The molecule has 1 aliphatic rings. The minimum atomic E-state index is -0.111. The molecule has 0 spiro atoms. The minimum Gasteiger partial charge on any atom is -0.456 e. The van der Waals surface area contributed by atoms with Gasteiger partial charge in [0.25, 0.3) is 5.91 Å². The summed E-state index contributed by atoms with van der Waals surface area (Å²) < 4.78 is 5.84. The average Bonchev–Trinajstić information content (AvgIpc) is 3.29. The summed E-state index contributed by atoms with van der Waals surface area (Å²) in [5.74, 6) is 1.27. The summed E-state index contributed by atoms with van der Waals surface area (Å²) in [6, 6.07) is 4.12. The molecule has 0 radical (unpaired) electrons. The summed E-state index contributed by atoms with van der Waals surface area (Å²) in [5, 5.41) is 7.24. The number of hydrogen-bond acceptors (Lipinski definition) is 4. The highest BCUT2D eigenvalue weighted by Crippen LogP contribution is 2.21. The Balaban J connectivity index is 1.62. The number of amides is 1. The zero-order valence-electron chi connectivity index (χ0n) is 14.5. The van der Waals surface area contributed by atoms with E-state index in [0.29, 0.717) is 5.76 Å². The lowest BCUT2D eigenvalue weighted by Gasteiger charge is -2.13. The molecule has 0 aromatic carbocycles. The highest BCUT2D eigenvalue weighted by atomic mass is 32.1. The van der Waals surface area contributed by atoms with E-state index in [9.17, 15) is 4.79 Å². The first kappa shape index (κ1) is 17.2. The van der Waals surface area contributed by atoms with Crippen LogP contribution in [0.2, 0.25) is 0 Å². The highest BCUT2D eigenvalue weighted by Gasteiger charge is 2.20. The molecule has 0 aliphatic carbocycles. The average molecular weight is 346 g/mol. The predicted octanol–water partition coefficient (Wildman–Crippen LogP) is 3.86. The third kappa shape index (κ3) is 4.28. The Bertz CT molecular complexity index is 657. The van der Waals surface area contributed by atoms with E-state index in [2.05, 4.69) is 34.0 Å². The maximum absolute atomic E-state index is 12.5. The summed E-state index contributed by atoms with van der Waals surface area (Å²) in [5.41, 5.74) is 2.42. The molecule has 1 aliphatic heterocycles. The van der Waals surface area contributed by atoms with E-state index in [4.69, 9.17) is 4.42 Å². The molecule has 3 heterocycles. The van der Waals surface area contributed by atoms with Gasteiger partial charge in [-0.1, -0.05) is 6.92 Å². The molecular weight excluding hydrogens is 320 g/mol. The molecule has 1 fully saturated rings. The Morgan fingerprint density at radius 1 is 1.42 bits per heavy atom. The summed E-state index contributed by atoms with van der Waals surface area (Å²) >= 11 is 1.68. The molecule has 4 nitrogen and oxygen atoms in total. The number of carbonyl (C=O) groups is 1.